The lowest BCUT2D eigenvalue weighted by atomic mass is 9.98. The lowest BCUT2D eigenvalue weighted by molar-refractivity contribution is -0.123. The average molecular weight is 473 g/mol. The predicted molar refractivity (Wildman–Crippen MR) is 119 cm³/mol. The van der Waals surface area contributed by atoms with Crippen LogP contribution >= 0.6 is 0 Å². The van der Waals surface area contributed by atoms with Gasteiger partial charge in [-0.2, -0.15) is 0 Å². The molecule has 0 aliphatic carbocycles. The van der Waals surface area contributed by atoms with Gasteiger partial charge in [-0.15, -0.1) is 0 Å². The van der Waals surface area contributed by atoms with Gasteiger partial charge < -0.3 is 10.6 Å². The molecular weight excluding hydrogens is 450 g/mol. The number of halogens is 2. The van der Waals surface area contributed by atoms with Crippen molar-refractivity contribution in [2.45, 2.75) is 23.9 Å². The van der Waals surface area contributed by atoms with Crippen LogP contribution < -0.4 is 5.73 Å². The van der Waals surface area contributed by atoms with E-state index < -0.39 is 45.4 Å². The predicted octanol–water partition coefficient (Wildman–Crippen LogP) is 3.80. The second kappa shape index (κ2) is 9.50. The van der Waals surface area contributed by atoms with Crippen molar-refractivity contribution in [2.24, 2.45) is 5.73 Å². The average Bonchev–Trinajstić information content (AvgIpc) is 2.75. The maximum Gasteiger partial charge on any atom is 0.255 e. The molecule has 3 aromatic carbocycles. The molecule has 0 bridgehead atoms. The Balaban J connectivity index is 2.15. The minimum absolute atomic E-state index is 0.0142. The second-order valence-corrected chi connectivity index (χ2v) is 9.62. The summed E-state index contributed by atoms with van der Waals surface area (Å²) < 4.78 is 51.4. The first-order valence-electron chi connectivity index (χ1n) is 9.92. The summed E-state index contributed by atoms with van der Waals surface area (Å²) in [5, 5.41) is 0. The molecule has 3 rings (SSSR count). The molecule has 0 spiro atoms. The summed E-state index contributed by atoms with van der Waals surface area (Å²) in [5.74, 6) is -3.18. The number of amides is 2. The van der Waals surface area contributed by atoms with Gasteiger partial charge in [-0.25, -0.2) is 17.2 Å². The number of nitrogens with two attached hydrogens (primary N) is 1. The Hall–Kier alpha value is -3.59. The number of sulfone groups is 1. The third-order valence-electron chi connectivity index (χ3n) is 5.21. The van der Waals surface area contributed by atoms with Crippen molar-refractivity contribution in [3.63, 3.8) is 0 Å². The Bertz CT molecular complexity index is 1260. The Morgan fingerprint density at radius 1 is 0.879 bits per heavy atom. The van der Waals surface area contributed by atoms with Crippen LogP contribution in [-0.4, -0.2) is 31.4 Å². The molecule has 33 heavy (non-hydrogen) atoms. The fourth-order valence-electron chi connectivity index (χ4n) is 3.58. The largest absolute Gasteiger partial charge is 0.368 e. The van der Waals surface area contributed by atoms with E-state index in [0.29, 0.717) is 11.6 Å². The van der Waals surface area contributed by atoms with Crippen LogP contribution in [0.25, 0.3) is 0 Å². The first kappa shape index (κ1) is 24.1. The van der Waals surface area contributed by atoms with E-state index in [-0.39, 0.29) is 16.0 Å². The molecule has 0 aliphatic rings. The van der Waals surface area contributed by atoms with Crippen LogP contribution in [0.4, 0.5) is 8.78 Å². The van der Waals surface area contributed by atoms with Crippen molar-refractivity contribution in [2.75, 3.05) is 6.26 Å². The summed E-state index contributed by atoms with van der Waals surface area (Å²) >= 11 is 0. The van der Waals surface area contributed by atoms with Crippen LogP contribution in [0.2, 0.25) is 0 Å². The van der Waals surface area contributed by atoms with Crippen molar-refractivity contribution < 1.29 is 26.8 Å². The topological polar surface area (TPSA) is 97.5 Å². The van der Waals surface area contributed by atoms with E-state index in [2.05, 4.69) is 0 Å². The Morgan fingerprint density at radius 2 is 1.42 bits per heavy atom. The van der Waals surface area contributed by atoms with Gasteiger partial charge in [0.05, 0.1) is 10.9 Å². The number of carbonyl (C=O) groups is 2. The Kier molecular flexibility index (Phi) is 6.92. The molecule has 0 radical (unpaired) electrons. The van der Waals surface area contributed by atoms with Crippen molar-refractivity contribution >= 4 is 21.7 Å². The zero-order valence-corrected chi connectivity index (χ0v) is 18.7. The smallest absolute Gasteiger partial charge is 0.255 e. The molecule has 6 nitrogen and oxygen atoms in total. The zero-order chi connectivity index (χ0) is 24.3. The van der Waals surface area contributed by atoms with E-state index in [4.69, 9.17) is 5.73 Å². The molecule has 0 aromatic heterocycles. The van der Waals surface area contributed by atoms with E-state index >= 15 is 0 Å². The molecule has 0 heterocycles. The molecule has 3 aromatic rings. The van der Waals surface area contributed by atoms with Gasteiger partial charge >= 0.3 is 0 Å². The number of hydrogen-bond donors (Lipinski definition) is 1. The van der Waals surface area contributed by atoms with Gasteiger partial charge in [0.25, 0.3) is 5.91 Å². The number of hydrogen-bond acceptors (Lipinski definition) is 4. The normalized spacial score (nSPS) is 13.2. The summed E-state index contributed by atoms with van der Waals surface area (Å²) in [4.78, 5) is 27.3. The fraction of sp³-hybridized carbons (Fsp3) is 0.167. The summed E-state index contributed by atoms with van der Waals surface area (Å²) in [7, 11) is -3.49. The highest BCUT2D eigenvalue weighted by molar-refractivity contribution is 7.90. The number of carbonyl (C=O) groups excluding carboxylic acids is 2. The molecule has 0 fully saturated rings. The number of rotatable bonds is 7. The van der Waals surface area contributed by atoms with Gasteiger partial charge in [0.15, 0.2) is 9.84 Å². The van der Waals surface area contributed by atoms with E-state index in [1.165, 1.54) is 31.2 Å². The van der Waals surface area contributed by atoms with Gasteiger partial charge in [0, 0.05) is 17.9 Å². The Labute approximate surface area is 190 Å². The number of nitrogens with zero attached hydrogens (tertiary/aromatic N) is 1. The van der Waals surface area contributed by atoms with Crippen molar-refractivity contribution in [3.8, 4) is 0 Å². The maximum atomic E-state index is 13.9. The van der Waals surface area contributed by atoms with E-state index in [1.807, 2.05) is 0 Å². The molecule has 0 saturated carbocycles. The minimum Gasteiger partial charge on any atom is -0.368 e. The number of primary amides is 1. The molecule has 2 atom stereocenters. The van der Waals surface area contributed by atoms with Gasteiger partial charge in [0.1, 0.15) is 17.7 Å². The van der Waals surface area contributed by atoms with Crippen LogP contribution in [0, 0.1) is 11.6 Å². The summed E-state index contributed by atoms with van der Waals surface area (Å²) in [6, 6.07) is 14.1. The highest BCUT2D eigenvalue weighted by Gasteiger charge is 2.35. The minimum atomic E-state index is -3.49. The van der Waals surface area contributed by atoms with Crippen molar-refractivity contribution in [3.05, 3.63) is 101 Å². The first-order chi connectivity index (χ1) is 15.5. The lowest BCUT2D eigenvalue weighted by Crippen LogP contribution is -2.43. The lowest BCUT2D eigenvalue weighted by Gasteiger charge is -2.35. The van der Waals surface area contributed by atoms with E-state index in [1.54, 1.807) is 30.3 Å². The molecule has 9 heteroatoms. The third kappa shape index (κ3) is 5.43. The monoisotopic (exact) mass is 472 g/mol. The van der Waals surface area contributed by atoms with E-state index in [0.717, 1.165) is 23.3 Å². The fourth-order valence-corrected chi connectivity index (χ4v) is 4.22. The van der Waals surface area contributed by atoms with Crippen molar-refractivity contribution in [1.82, 2.24) is 4.90 Å². The molecular formula is C24H22F2N2O4S. The summed E-state index contributed by atoms with van der Waals surface area (Å²) in [5.41, 5.74) is 6.29. The summed E-state index contributed by atoms with van der Waals surface area (Å²) in [6.07, 6.45) is 1.04. The molecule has 2 N–H and O–H groups in total. The third-order valence-corrected chi connectivity index (χ3v) is 6.34. The van der Waals surface area contributed by atoms with Gasteiger partial charge in [-0.3, -0.25) is 9.59 Å². The highest BCUT2D eigenvalue weighted by Crippen LogP contribution is 2.33. The van der Waals surface area contributed by atoms with E-state index in [9.17, 15) is 26.8 Å². The van der Waals surface area contributed by atoms with Crippen LogP contribution in [0.5, 0.6) is 0 Å². The van der Waals surface area contributed by atoms with Crippen LogP contribution in [0.1, 0.15) is 40.5 Å². The zero-order valence-electron chi connectivity index (χ0n) is 17.9. The standard InChI is InChI=1S/C24H22F2N2O4S/c1-15(18-12-19(25)14-20(26)13-18)28(22(23(27)29)16-6-4-3-5-7-16)24(30)17-8-10-21(11-9-17)33(2,31)32/h3-15,22H,1-2H3,(H2,27,29)/t15-,22-/m1/s1. The van der Waals surface area contributed by atoms with Crippen LogP contribution in [0.3, 0.4) is 0 Å². The first-order valence-corrected chi connectivity index (χ1v) is 11.8. The highest BCUT2D eigenvalue weighted by atomic mass is 32.2. The molecule has 0 unspecified atom stereocenters. The number of benzene rings is 3. The van der Waals surface area contributed by atoms with Gasteiger partial charge in [-0.1, -0.05) is 30.3 Å². The van der Waals surface area contributed by atoms with Crippen LogP contribution in [0.15, 0.2) is 77.7 Å². The van der Waals surface area contributed by atoms with Crippen LogP contribution in [-0.2, 0) is 14.6 Å². The summed E-state index contributed by atoms with van der Waals surface area (Å²) in [6.45, 7) is 1.52. The molecule has 172 valence electrons. The van der Waals surface area contributed by atoms with Crippen molar-refractivity contribution in [1.29, 1.82) is 0 Å². The molecule has 0 saturated heterocycles. The molecule has 0 aliphatic heterocycles. The van der Waals surface area contributed by atoms with Gasteiger partial charge in [0.2, 0.25) is 5.91 Å². The quantitative estimate of drug-likeness (QED) is 0.566. The van der Waals surface area contributed by atoms with Gasteiger partial charge in [-0.05, 0) is 54.4 Å². The molecule has 2 amide bonds. The second-order valence-electron chi connectivity index (χ2n) is 7.60. The maximum absolute atomic E-state index is 13.9. The SMILES string of the molecule is C[C@H](c1cc(F)cc(F)c1)N(C(=O)c1ccc(S(C)(=O)=O)cc1)[C@@H](C(N)=O)c1ccccc1. The Morgan fingerprint density at radius 3 is 1.91 bits per heavy atom.